The van der Waals surface area contributed by atoms with Crippen LogP contribution in [0, 0.1) is 11.3 Å². The second kappa shape index (κ2) is 14.7. The van der Waals surface area contributed by atoms with Crippen molar-refractivity contribution in [2.75, 3.05) is 65.7 Å². The Morgan fingerprint density at radius 2 is 1.74 bits per heavy atom. The van der Waals surface area contributed by atoms with Gasteiger partial charge in [-0.05, 0) is 98.7 Å². The van der Waals surface area contributed by atoms with Crippen LogP contribution in [-0.2, 0) is 45.8 Å². The lowest BCUT2D eigenvalue weighted by Crippen LogP contribution is -2.81. The van der Waals surface area contributed by atoms with E-state index in [0.717, 1.165) is 38.3 Å². The number of benzene rings is 2. The van der Waals surface area contributed by atoms with E-state index >= 15 is 4.79 Å². The first-order chi connectivity index (χ1) is 29.2. The molecule has 14 heteroatoms. The standard InChI is InChI=1S/C47H60N4O9S/c1-9-43(55)23-28-24-46(41(53)58-6,37-30(14-18-50(25-28)26-43)31-20-29(61-8)12-13-34(31)48-37)33-21-32-35(22-36(33)57-5)49(4)39-45(32)16-19-51-17-11-15-44(10-2,38(45)51)40(60-27(3)52)47(39,56)42(54)59-7/h11-13,17,20-22,28,38-40,48,55-56H,9-10,14-16,18-19,23-26H2,1-8H3/t28-,38+,39-,40-,43+,44-,45-,46+,47+/m1/s1. The van der Waals surface area contributed by atoms with Gasteiger partial charge in [0, 0.05) is 95.8 Å². The van der Waals surface area contributed by atoms with Gasteiger partial charge >= 0.3 is 17.9 Å². The number of aliphatic hydroxyl groups is 2. The van der Waals surface area contributed by atoms with E-state index in [-0.39, 0.29) is 12.0 Å². The van der Waals surface area contributed by atoms with Crippen LogP contribution in [0.4, 0.5) is 5.69 Å². The molecule has 9 rings (SSSR count). The molecule has 0 amide bonds. The number of carbonyl (C=O) groups is 3. The number of hydrogen-bond donors (Lipinski definition) is 3. The van der Waals surface area contributed by atoms with Crippen LogP contribution in [0.15, 0.2) is 47.5 Å². The van der Waals surface area contributed by atoms with Gasteiger partial charge in [0.1, 0.15) is 11.2 Å². The number of carbonyl (C=O) groups excluding carboxylic acids is 3. The van der Waals surface area contributed by atoms with E-state index in [1.165, 1.54) is 21.1 Å². The second-order valence-corrected chi connectivity index (χ2v) is 19.5. The van der Waals surface area contributed by atoms with Crippen LogP contribution in [0.3, 0.4) is 0 Å². The minimum absolute atomic E-state index is 0.106. The molecule has 1 aromatic heterocycles. The van der Waals surface area contributed by atoms with E-state index in [4.69, 9.17) is 18.9 Å². The summed E-state index contributed by atoms with van der Waals surface area (Å²) < 4.78 is 24.1. The minimum atomic E-state index is -2.29. The molecule has 0 radical (unpaired) electrons. The molecule has 3 N–H and O–H groups in total. The van der Waals surface area contributed by atoms with Gasteiger partial charge in [-0.15, -0.1) is 11.8 Å². The molecule has 328 valence electrons. The predicted octanol–water partition coefficient (Wildman–Crippen LogP) is 5.06. The van der Waals surface area contributed by atoms with E-state index in [1.807, 2.05) is 31.9 Å². The molecular weight excluding hydrogens is 797 g/mol. The number of esters is 3. The third-order valence-electron chi connectivity index (χ3n) is 16.0. The van der Waals surface area contributed by atoms with E-state index in [1.54, 1.807) is 18.9 Å². The number of hydrogen-bond acceptors (Lipinski definition) is 13. The third-order valence-corrected chi connectivity index (χ3v) is 16.7. The molecule has 1 spiro atoms. The van der Waals surface area contributed by atoms with Crippen molar-refractivity contribution < 1.29 is 43.5 Å². The minimum Gasteiger partial charge on any atom is -0.496 e. The third kappa shape index (κ3) is 5.59. The molecule has 2 saturated heterocycles. The van der Waals surface area contributed by atoms with Gasteiger partial charge < -0.3 is 43.9 Å². The molecule has 1 saturated carbocycles. The summed E-state index contributed by atoms with van der Waals surface area (Å²) in [5, 5.41) is 26.5. The highest BCUT2D eigenvalue weighted by molar-refractivity contribution is 7.98. The van der Waals surface area contributed by atoms with Crippen LogP contribution in [0.2, 0.25) is 0 Å². The number of allylic oxidation sites excluding steroid dienone is 1. The maximum Gasteiger partial charge on any atom is 0.344 e. The quantitative estimate of drug-likeness (QED) is 0.157. The Morgan fingerprint density at radius 3 is 2.41 bits per heavy atom. The van der Waals surface area contributed by atoms with Crippen LogP contribution in [0.25, 0.3) is 10.9 Å². The summed E-state index contributed by atoms with van der Waals surface area (Å²) in [6, 6.07) is 9.19. The lowest BCUT2D eigenvalue weighted by Gasteiger charge is -2.64. The number of aromatic amines is 1. The zero-order valence-electron chi connectivity index (χ0n) is 36.6. The summed E-state index contributed by atoms with van der Waals surface area (Å²) in [4.78, 5) is 54.4. The lowest BCUT2D eigenvalue weighted by molar-refractivity contribution is -0.235. The fourth-order valence-electron chi connectivity index (χ4n) is 13.7. The first kappa shape index (κ1) is 42.1. The number of ether oxygens (including phenoxy) is 4. The van der Waals surface area contributed by atoms with Gasteiger partial charge in [-0.1, -0.05) is 19.9 Å². The molecule has 1 unspecified atom stereocenters. The van der Waals surface area contributed by atoms with Crippen molar-refractivity contribution in [3.05, 3.63) is 65.0 Å². The second-order valence-electron chi connectivity index (χ2n) is 18.6. The van der Waals surface area contributed by atoms with Crippen molar-refractivity contribution in [2.45, 2.75) is 111 Å². The molecule has 3 aromatic rings. The van der Waals surface area contributed by atoms with Gasteiger partial charge in [-0.25, -0.2) is 4.79 Å². The van der Waals surface area contributed by atoms with Crippen molar-refractivity contribution in [1.82, 2.24) is 14.8 Å². The number of rotatable bonds is 8. The number of H-pyrrole nitrogens is 1. The number of methoxy groups -OCH3 is 3. The van der Waals surface area contributed by atoms with Gasteiger partial charge in [0.25, 0.3) is 0 Å². The van der Waals surface area contributed by atoms with E-state index in [0.29, 0.717) is 82.4 Å². The molecule has 2 aromatic carbocycles. The monoisotopic (exact) mass is 856 g/mol. The Morgan fingerprint density at radius 1 is 0.967 bits per heavy atom. The molecular formula is C47H60N4O9S. The van der Waals surface area contributed by atoms with Crippen LogP contribution < -0.4 is 9.64 Å². The van der Waals surface area contributed by atoms with E-state index in [2.05, 4.69) is 57.6 Å². The molecule has 6 aliphatic rings. The Kier molecular flexibility index (Phi) is 10.1. The molecule has 6 heterocycles. The lowest BCUT2D eigenvalue weighted by atomic mass is 9.47. The van der Waals surface area contributed by atoms with Crippen LogP contribution in [0.5, 0.6) is 5.75 Å². The Labute approximate surface area is 362 Å². The molecule has 2 bridgehead atoms. The number of nitrogens with one attached hydrogen (secondary N) is 1. The van der Waals surface area contributed by atoms with Crippen molar-refractivity contribution in [3.8, 4) is 5.75 Å². The summed E-state index contributed by atoms with van der Waals surface area (Å²) in [6.07, 6.45) is 8.55. The Balaban J connectivity index is 1.37. The number of fused-ring (bicyclic) bond motifs is 6. The predicted molar refractivity (Wildman–Crippen MR) is 232 cm³/mol. The smallest absolute Gasteiger partial charge is 0.344 e. The summed E-state index contributed by atoms with van der Waals surface area (Å²) in [6.45, 7) is 7.96. The fourth-order valence-corrected chi connectivity index (χ4v) is 14.1. The van der Waals surface area contributed by atoms with Crippen molar-refractivity contribution >= 4 is 46.3 Å². The number of piperidine rings is 1. The molecule has 10 atom stereocenters. The Bertz CT molecular complexity index is 2330. The fraction of sp³-hybridized carbons (Fsp3) is 0.596. The van der Waals surface area contributed by atoms with Crippen molar-refractivity contribution in [3.63, 3.8) is 0 Å². The normalized spacial score (nSPS) is 35.9. The van der Waals surface area contributed by atoms with E-state index < -0.39 is 57.5 Å². The van der Waals surface area contributed by atoms with Gasteiger partial charge in [-0.3, -0.25) is 14.5 Å². The molecule has 5 aliphatic heterocycles. The van der Waals surface area contributed by atoms with Gasteiger partial charge in [0.15, 0.2) is 6.10 Å². The van der Waals surface area contributed by atoms with Crippen molar-refractivity contribution in [2.24, 2.45) is 11.3 Å². The summed E-state index contributed by atoms with van der Waals surface area (Å²) in [5.41, 5.74) is -1.54. The molecule has 3 fully saturated rings. The number of thioether (sulfide) groups is 1. The topological polar surface area (TPSA) is 154 Å². The highest BCUT2D eigenvalue weighted by atomic mass is 32.2. The highest BCUT2D eigenvalue weighted by Gasteiger charge is 2.80. The highest BCUT2D eigenvalue weighted by Crippen LogP contribution is 2.69. The summed E-state index contributed by atoms with van der Waals surface area (Å²) in [7, 11) is 6.17. The van der Waals surface area contributed by atoms with Crippen LogP contribution in [-0.4, -0.2) is 133 Å². The largest absolute Gasteiger partial charge is 0.496 e. The summed E-state index contributed by atoms with van der Waals surface area (Å²) >= 11 is 1.67. The number of anilines is 1. The number of nitrogens with zero attached hydrogens (tertiary/aromatic N) is 3. The zero-order chi connectivity index (χ0) is 43.4. The van der Waals surface area contributed by atoms with Crippen LogP contribution in [0.1, 0.15) is 81.7 Å². The van der Waals surface area contributed by atoms with E-state index in [9.17, 15) is 19.8 Å². The maximum absolute atomic E-state index is 15.4. The van der Waals surface area contributed by atoms with Gasteiger partial charge in [0.05, 0.1) is 33.0 Å². The van der Waals surface area contributed by atoms with Gasteiger partial charge in [-0.2, -0.15) is 0 Å². The number of likely N-dealkylation sites (N-methyl/N-ethyl adjacent to an activating group) is 1. The van der Waals surface area contributed by atoms with Gasteiger partial charge in [0.2, 0.25) is 5.60 Å². The SMILES string of the molecule is CC[C@]1(O)C[C@H]2CN(CCc3c([nH]c4ccc(SC)cc34)[C@@](C(=O)OC)(c3cc4c(cc3OC)N(C)[C@H]3[C@@](O)(C(=O)OC)[C@H](OC(C)=O)[C@]5(CC)CC=CN6CC[C@]43[C@@H]65)C2)C1. The van der Waals surface area contributed by atoms with Crippen molar-refractivity contribution in [1.29, 1.82) is 0 Å². The number of aromatic nitrogens is 1. The maximum atomic E-state index is 15.4. The molecule has 61 heavy (non-hydrogen) atoms. The van der Waals surface area contributed by atoms with Crippen LogP contribution >= 0.6 is 11.8 Å². The average molecular weight is 857 g/mol. The summed E-state index contributed by atoms with van der Waals surface area (Å²) in [5.74, 6) is -1.55. The Hall–Kier alpha value is -4.24. The molecule has 1 aliphatic carbocycles. The first-order valence-corrected chi connectivity index (χ1v) is 23.0. The molecule has 13 nitrogen and oxygen atoms in total. The first-order valence-electron chi connectivity index (χ1n) is 21.7. The average Bonchev–Trinajstić information content (AvgIpc) is 3.92. The zero-order valence-corrected chi connectivity index (χ0v) is 37.4.